The molecule has 0 spiro atoms. The quantitative estimate of drug-likeness (QED) is 0.752. The zero-order valence-electron chi connectivity index (χ0n) is 11.1. The van der Waals surface area contributed by atoms with Crippen LogP contribution in [0.15, 0.2) is 12.1 Å². The van der Waals surface area contributed by atoms with E-state index in [0.717, 1.165) is 26.1 Å². The van der Waals surface area contributed by atoms with Crippen molar-refractivity contribution in [2.24, 2.45) is 11.7 Å². The molecule has 6 heteroatoms. The number of anilines is 2. The third kappa shape index (κ3) is 3.35. The van der Waals surface area contributed by atoms with Gasteiger partial charge < -0.3 is 21.5 Å². The Morgan fingerprint density at radius 2 is 2.16 bits per heavy atom. The molecule has 1 atom stereocenters. The number of hydrogen-bond donors (Lipinski definition) is 3. The van der Waals surface area contributed by atoms with Crippen LogP contribution in [0.4, 0.5) is 11.5 Å². The molecule has 0 aliphatic carbocycles. The second-order valence-electron chi connectivity index (χ2n) is 4.88. The highest BCUT2D eigenvalue weighted by atomic mass is 16.5. The molecule has 1 aliphatic rings. The minimum absolute atomic E-state index is 0.218. The minimum atomic E-state index is -0.554. The first-order valence-electron chi connectivity index (χ1n) is 6.48. The van der Waals surface area contributed by atoms with Gasteiger partial charge in [0.2, 0.25) is 0 Å². The van der Waals surface area contributed by atoms with E-state index in [9.17, 15) is 4.79 Å². The molecule has 5 N–H and O–H groups in total. The van der Waals surface area contributed by atoms with Gasteiger partial charge in [0.25, 0.3) is 5.91 Å². The molecular weight excluding hydrogens is 244 g/mol. The maximum atomic E-state index is 11.1. The molecule has 1 saturated heterocycles. The number of primary amides is 1. The van der Waals surface area contributed by atoms with Crippen LogP contribution in [0.2, 0.25) is 0 Å². The Hall–Kier alpha value is -1.82. The Morgan fingerprint density at radius 3 is 2.79 bits per heavy atom. The summed E-state index contributed by atoms with van der Waals surface area (Å²) < 4.78 is 5.35. The topological polar surface area (TPSA) is 103 Å². The second kappa shape index (κ2) is 5.88. The predicted octanol–water partition coefficient (Wildman–Crippen LogP) is 0.990. The normalized spacial score (nSPS) is 17.9. The summed E-state index contributed by atoms with van der Waals surface area (Å²) in [6.45, 7) is 3.68. The van der Waals surface area contributed by atoms with Gasteiger partial charge in [0.05, 0.1) is 5.69 Å². The van der Waals surface area contributed by atoms with E-state index in [0.29, 0.717) is 17.4 Å². The lowest BCUT2D eigenvalue weighted by molar-refractivity contribution is 0.0622. The van der Waals surface area contributed by atoms with Gasteiger partial charge in [0.1, 0.15) is 11.5 Å². The molecule has 0 radical (unpaired) electrons. The lowest BCUT2D eigenvalue weighted by Gasteiger charge is -2.29. The number of pyridine rings is 1. The van der Waals surface area contributed by atoms with E-state index in [1.807, 2.05) is 0 Å². The summed E-state index contributed by atoms with van der Waals surface area (Å²) in [5, 5.41) is 3.28. The van der Waals surface area contributed by atoms with Crippen LogP contribution in [0.3, 0.4) is 0 Å². The van der Waals surface area contributed by atoms with Gasteiger partial charge in [0, 0.05) is 19.3 Å². The van der Waals surface area contributed by atoms with E-state index >= 15 is 0 Å². The predicted molar refractivity (Wildman–Crippen MR) is 73.8 cm³/mol. The van der Waals surface area contributed by atoms with Crippen LogP contribution < -0.4 is 16.8 Å². The van der Waals surface area contributed by atoms with E-state index in [-0.39, 0.29) is 11.7 Å². The Kier molecular flexibility index (Phi) is 4.21. The highest BCUT2D eigenvalue weighted by Gasteiger charge is 2.21. The molecule has 1 unspecified atom stereocenters. The summed E-state index contributed by atoms with van der Waals surface area (Å²) in [6, 6.07) is 3.40. The summed E-state index contributed by atoms with van der Waals surface area (Å²) in [7, 11) is 0. The fraction of sp³-hybridized carbons (Fsp3) is 0.538. The van der Waals surface area contributed by atoms with Crippen LogP contribution in [0, 0.1) is 5.92 Å². The minimum Gasteiger partial charge on any atom is -0.396 e. The van der Waals surface area contributed by atoms with Gasteiger partial charge in [-0.2, -0.15) is 0 Å². The fourth-order valence-electron chi connectivity index (χ4n) is 2.27. The number of nitrogens with zero attached hydrogens (tertiary/aromatic N) is 1. The fourth-order valence-corrected chi connectivity index (χ4v) is 2.27. The number of nitrogen functional groups attached to an aromatic ring is 1. The smallest absolute Gasteiger partial charge is 0.267 e. The van der Waals surface area contributed by atoms with Gasteiger partial charge in [-0.3, -0.25) is 4.79 Å². The van der Waals surface area contributed by atoms with Crippen LogP contribution >= 0.6 is 0 Å². The standard InChI is InChI=1S/C13H20N4O2/c1-8(9-4-6-19-7-5-9)16-13-10(14)2-3-11(17-13)12(15)18/h2-3,8-9H,4-7,14H2,1H3,(H2,15,18)(H,16,17). The molecule has 0 saturated carbocycles. The van der Waals surface area contributed by atoms with Crippen molar-refractivity contribution in [1.29, 1.82) is 0 Å². The third-order valence-corrected chi connectivity index (χ3v) is 3.52. The second-order valence-corrected chi connectivity index (χ2v) is 4.88. The van der Waals surface area contributed by atoms with Crippen molar-refractivity contribution in [3.8, 4) is 0 Å². The maximum absolute atomic E-state index is 11.1. The molecule has 1 amide bonds. The summed E-state index contributed by atoms with van der Waals surface area (Å²) in [6.07, 6.45) is 2.03. The van der Waals surface area contributed by atoms with Crippen molar-refractivity contribution in [1.82, 2.24) is 4.98 Å². The lowest BCUT2D eigenvalue weighted by Crippen LogP contribution is -2.31. The zero-order chi connectivity index (χ0) is 13.8. The molecule has 0 bridgehead atoms. The Balaban J connectivity index is 2.08. The number of nitrogens with two attached hydrogens (primary N) is 2. The molecule has 2 rings (SSSR count). The van der Waals surface area contributed by atoms with Gasteiger partial charge >= 0.3 is 0 Å². The van der Waals surface area contributed by atoms with Crippen molar-refractivity contribution in [2.75, 3.05) is 24.3 Å². The number of aromatic nitrogens is 1. The first kappa shape index (κ1) is 13.6. The molecule has 1 aliphatic heterocycles. The van der Waals surface area contributed by atoms with Crippen molar-refractivity contribution < 1.29 is 9.53 Å². The van der Waals surface area contributed by atoms with Crippen LogP contribution in [0.5, 0.6) is 0 Å². The number of ether oxygens (including phenoxy) is 1. The Bertz CT molecular complexity index is 458. The van der Waals surface area contributed by atoms with Gasteiger partial charge in [-0.25, -0.2) is 4.98 Å². The number of rotatable bonds is 4. The van der Waals surface area contributed by atoms with Gasteiger partial charge in [-0.05, 0) is 37.8 Å². The van der Waals surface area contributed by atoms with E-state index in [1.54, 1.807) is 6.07 Å². The molecular formula is C13H20N4O2. The summed E-state index contributed by atoms with van der Waals surface area (Å²) >= 11 is 0. The van der Waals surface area contributed by atoms with Crippen LogP contribution in [0.25, 0.3) is 0 Å². The van der Waals surface area contributed by atoms with Crippen molar-refractivity contribution in [3.05, 3.63) is 17.8 Å². The highest BCUT2D eigenvalue weighted by Crippen LogP contribution is 2.23. The number of carbonyl (C=O) groups excluding carboxylic acids is 1. The number of amides is 1. The van der Waals surface area contributed by atoms with E-state index < -0.39 is 5.91 Å². The first-order chi connectivity index (χ1) is 9.08. The highest BCUT2D eigenvalue weighted by molar-refractivity contribution is 5.91. The molecule has 19 heavy (non-hydrogen) atoms. The summed E-state index contributed by atoms with van der Waals surface area (Å²) in [5.41, 5.74) is 11.8. The van der Waals surface area contributed by atoms with E-state index in [2.05, 4.69) is 17.2 Å². The molecule has 0 aromatic carbocycles. The van der Waals surface area contributed by atoms with Crippen LogP contribution in [-0.2, 0) is 4.74 Å². The molecule has 1 aromatic rings. The largest absolute Gasteiger partial charge is 0.396 e. The zero-order valence-corrected chi connectivity index (χ0v) is 11.1. The van der Waals surface area contributed by atoms with Crippen molar-refractivity contribution in [3.63, 3.8) is 0 Å². The van der Waals surface area contributed by atoms with E-state index in [1.165, 1.54) is 6.07 Å². The van der Waals surface area contributed by atoms with Crippen LogP contribution in [-0.4, -0.2) is 30.1 Å². The molecule has 104 valence electrons. The number of carbonyl (C=O) groups is 1. The van der Waals surface area contributed by atoms with Crippen molar-refractivity contribution >= 4 is 17.4 Å². The Morgan fingerprint density at radius 1 is 1.47 bits per heavy atom. The molecule has 1 fully saturated rings. The van der Waals surface area contributed by atoms with Gasteiger partial charge in [-0.15, -0.1) is 0 Å². The van der Waals surface area contributed by atoms with Gasteiger partial charge in [0.15, 0.2) is 0 Å². The maximum Gasteiger partial charge on any atom is 0.267 e. The molecule has 1 aromatic heterocycles. The SMILES string of the molecule is CC(Nc1nc(C(N)=O)ccc1N)C1CCOCC1. The lowest BCUT2D eigenvalue weighted by atomic mass is 9.93. The summed E-state index contributed by atoms with van der Waals surface area (Å²) in [5.74, 6) is 0.490. The van der Waals surface area contributed by atoms with Gasteiger partial charge in [-0.1, -0.05) is 0 Å². The number of hydrogen-bond acceptors (Lipinski definition) is 5. The monoisotopic (exact) mass is 264 g/mol. The number of nitrogens with one attached hydrogen (secondary N) is 1. The Labute approximate surface area is 112 Å². The average molecular weight is 264 g/mol. The summed E-state index contributed by atoms with van der Waals surface area (Å²) in [4.78, 5) is 15.3. The van der Waals surface area contributed by atoms with E-state index in [4.69, 9.17) is 16.2 Å². The van der Waals surface area contributed by atoms with Crippen molar-refractivity contribution in [2.45, 2.75) is 25.8 Å². The average Bonchev–Trinajstić information content (AvgIpc) is 2.42. The van der Waals surface area contributed by atoms with Crippen LogP contribution in [0.1, 0.15) is 30.3 Å². The first-order valence-corrected chi connectivity index (χ1v) is 6.48. The third-order valence-electron chi connectivity index (χ3n) is 3.52. The molecule has 2 heterocycles. The molecule has 6 nitrogen and oxygen atoms in total.